The molecular weight excluding hydrogens is 286 g/mol. The summed E-state index contributed by atoms with van der Waals surface area (Å²) >= 11 is 0. The second-order valence-corrected chi connectivity index (χ2v) is 7.10. The van der Waals surface area contributed by atoms with Crippen molar-refractivity contribution in [3.63, 3.8) is 0 Å². The fourth-order valence-electron chi connectivity index (χ4n) is 4.35. The van der Waals surface area contributed by atoms with Gasteiger partial charge in [-0.2, -0.15) is 5.10 Å². The summed E-state index contributed by atoms with van der Waals surface area (Å²) in [5, 5.41) is 4.41. The highest BCUT2D eigenvalue weighted by atomic mass is 16.2. The number of hydrogen-bond donors (Lipinski definition) is 0. The number of para-hydroxylation sites is 1. The number of nitrogens with zero attached hydrogens (tertiary/aromatic N) is 3. The van der Waals surface area contributed by atoms with E-state index >= 15 is 0 Å². The summed E-state index contributed by atoms with van der Waals surface area (Å²) < 4.78 is 1.87. The van der Waals surface area contributed by atoms with Crippen LogP contribution in [0.2, 0.25) is 0 Å². The van der Waals surface area contributed by atoms with E-state index < -0.39 is 0 Å². The highest BCUT2D eigenvalue weighted by molar-refractivity contribution is 5.79. The van der Waals surface area contributed by atoms with E-state index in [2.05, 4.69) is 5.10 Å². The first-order valence-electron chi connectivity index (χ1n) is 8.54. The molecule has 0 spiro atoms. The lowest BCUT2D eigenvalue weighted by molar-refractivity contribution is -0.136. The third-order valence-corrected chi connectivity index (χ3v) is 5.51. The minimum Gasteiger partial charge on any atom is -0.341 e. The number of carbonyl (C=O) groups is 1. The Morgan fingerprint density at radius 2 is 2.09 bits per heavy atom. The summed E-state index contributed by atoms with van der Waals surface area (Å²) in [6, 6.07) is 10.1. The van der Waals surface area contributed by atoms with Crippen molar-refractivity contribution >= 4 is 5.91 Å². The zero-order valence-electron chi connectivity index (χ0n) is 13.6. The van der Waals surface area contributed by atoms with Gasteiger partial charge in [-0.1, -0.05) is 24.6 Å². The molecule has 3 unspecified atom stereocenters. The largest absolute Gasteiger partial charge is 0.341 e. The molecule has 2 saturated carbocycles. The molecule has 1 aromatic carbocycles. The van der Waals surface area contributed by atoms with Crippen LogP contribution in [0.4, 0.5) is 0 Å². The van der Waals surface area contributed by atoms with Crippen molar-refractivity contribution in [2.45, 2.75) is 32.2 Å². The molecule has 4 nitrogen and oxygen atoms in total. The number of rotatable bonds is 4. The number of aromatic nitrogens is 2. The predicted octanol–water partition coefficient (Wildman–Crippen LogP) is 3.27. The quantitative estimate of drug-likeness (QED) is 0.869. The molecule has 1 amide bonds. The van der Waals surface area contributed by atoms with Crippen molar-refractivity contribution in [1.29, 1.82) is 0 Å². The second-order valence-electron chi connectivity index (χ2n) is 7.10. The standard InChI is InChI=1S/C19H23N3O/c1-21(19(23)18-10-14-7-8-16(18)9-14)12-15-11-20-22(13-15)17-5-3-2-4-6-17/h2-6,11,13-14,16,18H,7-10,12H2,1H3. The second kappa shape index (κ2) is 5.84. The lowest BCUT2D eigenvalue weighted by Crippen LogP contribution is -2.35. The van der Waals surface area contributed by atoms with E-state index in [1.54, 1.807) is 0 Å². The summed E-state index contributed by atoms with van der Waals surface area (Å²) in [5.74, 6) is 2.04. The average Bonchev–Trinajstić information content (AvgIpc) is 3.31. The first kappa shape index (κ1) is 14.5. The molecule has 0 radical (unpaired) electrons. The van der Waals surface area contributed by atoms with E-state index in [-0.39, 0.29) is 5.92 Å². The van der Waals surface area contributed by atoms with Gasteiger partial charge >= 0.3 is 0 Å². The van der Waals surface area contributed by atoms with Crippen LogP contribution in [0.3, 0.4) is 0 Å². The summed E-state index contributed by atoms with van der Waals surface area (Å²) in [4.78, 5) is 14.6. The van der Waals surface area contributed by atoms with Crippen molar-refractivity contribution in [3.05, 3.63) is 48.3 Å². The van der Waals surface area contributed by atoms with E-state index in [1.807, 2.05) is 59.4 Å². The van der Waals surface area contributed by atoms with Crippen LogP contribution in [-0.4, -0.2) is 27.6 Å². The van der Waals surface area contributed by atoms with Gasteiger partial charge in [0.1, 0.15) is 0 Å². The normalized spacial score (nSPS) is 25.7. The van der Waals surface area contributed by atoms with Gasteiger partial charge in [0.25, 0.3) is 0 Å². The number of hydrogen-bond acceptors (Lipinski definition) is 2. The Labute approximate surface area is 137 Å². The van der Waals surface area contributed by atoms with E-state index in [9.17, 15) is 4.79 Å². The molecule has 0 N–H and O–H groups in total. The maximum Gasteiger partial charge on any atom is 0.226 e. The van der Waals surface area contributed by atoms with Crippen molar-refractivity contribution < 1.29 is 4.79 Å². The number of amides is 1. The third-order valence-electron chi connectivity index (χ3n) is 5.51. The molecule has 2 bridgehead atoms. The smallest absolute Gasteiger partial charge is 0.226 e. The molecule has 4 rings (SSSR count). The van der Waals surface area contributed by atoms with Gasteiger partial charge in [0.2, 0.25) is 5.91 Å². The van der Waals surface area contributed by atoms with Gasteiger partial charge in [0.15, 0.2) is 0 Å². The lowest BCUT2D eigenvalue weighted by atomic mass is 9.88. The monoisotopic (exact) mass is 309 g/mol. The van der Waals surface area contributed by atoms with Crippen LogP contribution in [0.5, 0.6) is 0 Å². The Morgan fingerprint density at radius 1 is 1.26 bits per heavy atom. The molecule has 23 heavy (non-hydrogen) atoms. The van der Waals surface area contributed by atoms with Gasteiger partial charge in [0, 0.05) is 31.3 Å². The van der Waals surface area contributed by atoms with E-state index in [0.29, 0.717) is 18.4 Å². The molecular formula is C19H23N3O. The minimum atomic E-state index is 0.267. The molecule has 3 atom stereocenters. The van der Waals surface area contributed by atoms with Gasteiger partial charge in [-0.25, -0.2) is 4.68 Å². The first-order valence-corrected chi connectivity index (χ1v) is 8.54. The lowest BCUT2D eigenvalue weighted by Gasteiger charge is -2.26. The fourth-order valence-corrected chi connectivity index (χ4v) is 4.35. The van der Waals surface area contributed by atoms with Gasteiger partial charge in [-0.05, 0) is 43.2 Å². The van der Waals surface area contributed by atoms with Crippen molar-refractivity contribution in [1.82, 2.24) is 14.7 Å². The number of benzene rings is 1. The first-order chi connectivity index (χ1) is 11.2. The van der Waals surface area contributed by atoms with Crippen LogP contribution < -0.4 is 0 Å². The van der Waals surface area contributed by atoms with Crippen LogP contribution in [-0.2, 0) is 11.3 Å². The maximum absolute atomic E-state index is 12.7. The Kier molecular flexibility index (Phi) is 3.68. The van der Waals surface area contributed by atoms with Gasteiger partial charge in [-0.15, -0.1) is 0 Å². The van der Waals surface area contributed by atoms with Crippen LogP contribution in [0.25, 0.3) is 5.69 Å². The molecule has 1 heterocycles. The Morgan fingerprint density at radius 3 is 2.78 bits per heavy atom. The molecule has 0 saturated heterocycles. The zero-order valence-corrected chi connectivity index (χ0v) is 13.6. The number of carbonyl (C=O) groups excluding carboxylic acids is 1. The SMILES string of the molecule is CN(Cc1cnn(-c2ccccc2)c1)C(=O)C1CC2CCC1C2. The highest BCUT2D eigenvalue weighted by Gasteiger charge is 2.43. The summed E-state index contributed by atoms with van der Waals surface area (Å²) in [6.07, 6.45) is 8.84. The molecule has 4 heteroatoms. The van der Waals surface area contributed by atoms with Crippen LogP contribution in [0.1, 0.15) is 31.2 Å². The molecule has 0 aliphatic heterocycles. The van der Waals surface area contributed by atoms with Crippen LogP contribution in [0, 0.1) is 17.8 Å². The number of fused-ring (bicyclic) bond motifs is 2. The minimum absolute atomic E-state index is 0.267. The Bertz CT molecular complexity index is 694. The molecule has 2 fully saturated rings. The van der Waals surface area contributed by atoms with E-state index in [4.69, 9.17) is 0 Å². The molecule has 2 aromatic rings. The van der Waals surface area contributed by atoms with Crippen LogP contribution in [0.15, 0.2) is 42.7 Å². The zero-order chi connectivity index (χ0) is 15.8. The molecule has 2 aliphatic carbocycles. The summed E-state index contributed by atoms with van der Waals surface area (Å²) in [7, 11) is 1.92. The maximum atomic E-state index is 12.7. The summed E-state index contributed by atoms with van der Waals surface area (Å²) in [5.41, 5.74) is 2.12. The summed E-state index contributed by atoms with van der Waals surface area (Å²) in [6.45, 7) is 0.638. The topological polar surface area (TPSA) is 38.1 Å². The van der Waals surface area contributed by atoms with Gasteiger partial charge in [0.05, 0.1) is 11.9 Å². The highest BCUT2D eigenvalue weighted by Crippen LogP contribution is 2.48. The van der Waals surface area contributed by atoms with Gasteiger partial charge < -0.3 is 4.90 Å². The predicted molar refractivity (Wildman–Crippen MR) is 89.0 cm³/mol. The van der Waals surface area contributed by atoms with E-state index in [0.717, 1.165) is 23.6 Å². The fraction of sp³-hybridized carbons (Fsp3) is 0.474. The van der Waals surface area contributed by atoms with Crippen molar-refractivity contribution in [3.8, 4) is 5.69 Å². The van der Waals surface area contributed by atoms with E-state index in [1.165, 1.54) is 19.3 Å². The molecule has 120 valence electrons. The Hall–Kier alpha value is -2.10. The van der Waals surface area contributed by atoms with Crippen molar-refractivity contribution in [2.75, 3.05) is 7.05 Å². The average molecular weight is 309 g/mol. The van der Waals surface area contributed by atoms with Crippen LogP contribution >= 0.6 is 0 Å². The van der Waals surface area contributed by atoms with Gasteiger partial charge in [-0.3, -0.25) is 4.79 Å². The van der Waals surface area contributed by atoms with Crippen molar-refractivity contribution in [2.24, 2.45) is 17.8 Å². The Balaban J connectivity index is 1.42. The molecule has 2 aliphatic rings. The molecule has 1 aromatic heterocycles. The third kappa shape index (κ3) is 2.78.